The van der Waals surface area contributed by atoms with Crippen LogP contribution in [0, 0.1) is 5.92 Å². The highest BCUT2D eigenvalue weighted by Gasteiger charge is 2.26. The van der Waals surface area contributed by atoms with E-state index in [4.69, 9.17) is 4.74 Å². The molecule has 2 heterocycles. The molecular formula is C13H26N2OS. The molecule has 0 spiro atoms. The number of hydrogen-bond donors (Lipinski definition) is 1. The molecule has 0 aromatic heterocycles. The summed E-state index contributed by atoms with van der Waals surface area (Å²) in [4.78, 5) is 2.58. The van der Waals surface area contributed by atoms with Gasteiger partial charge in [0.25, 0.3) is 0 Å². The minimum atomic E-state index is 0.442. The van der Waals surface area contributed by atoms with Gasteiger partial charge in [0, 0.05) is 37.7 Å². The summed E-state index contributed by atoms with van der Waals surface area (Å²) < 4.78 is 5.56. The third-order valence-corrected chi connectivity index (χ3v) is 5.20. The molecule has 0 saturated carbocycles. The van der Waals surface area contributed by atoms with E-state index >= 15 is 0 Å². The summed E-state index contributed by atoms with van der Waals surface area (Å²) in [6.45, 7) is 7.10. The summed E-state index contributed by atoms with van der Waals surface area (Å²) in [5.41, 5.74) is 0. The Kier molecular flexibility index (Phi) is 5.60. The minimum Gasteiger partial charge on any atom is -0.380 e. The van der Waals surface area contributed by atoms with Gasteiger partial charge in [-0.2, -0.15) is 11.8 Å². The lowest BCUT2D eigenvalue weighted by atomic mass is 9.95. The van der Waals surface area contributed by atoms with Crippen LogP contribution in [-0.4, -0.2) is 61.8 Å². The number of nitrogens with one attached hydrogen (secondary N) is 1. The van der Waals surface area contributed by atoms with Crippen molar-refractivity contribution in [2.45, 2.75) is 31.9 Å². The van der Waals surface area contributed by atoms with Gasteiger partial charge in [0.15, 0.2) is 0 Å². The Morgan fingerprint density at radius 2 is 2.35 bits per heavy atom. The molecule has 0 aromatic rings. The van der Waals surface area contributed by atoms with Crippen molar-refractivity contribution < 1.29 is 4.74 Å². The van der Waals surface area contributed by atoms with Crippen molar-refractivity contribution in [3.05, 3.63) is 0 Å². The minimum absolute atomic E-state index is 0.442. The van der Waals surface area contributed by atoms with Gasteiger partial charge < -0.3 is 15.0 Å². The molecular weight excluding hydrogens is 232 g/mol. The zero-order chi connectivity index (χ0) is 12.1. The molecule has 0 aliphatic carbocycles. The highest BCUT2D eigenvalue weighted by atomic mass is 32.2. The first-order valence-corrected chi connectivity index (χ1v) is 8.01. The number of likely N-dealkylation sites (tertiary alicyclic amines) is 1. The van der Waals surface area contributed by atoms with E-state index in [0.717, 1.165) is 18.5 Å². The first-order chi connectivity index (χ1) is 8.29. The molecule has 1 N–H and O–H groups in total. The van der Waals surface area contributed by atoms with Crippen LogP contribution in [0.5, 0.6) is 0 Å². The van der Waals surface area contributed by atoms with E-state index in [9.17, 15) is 0 Å². The first kappa shape index (κ1) is 13.7. The van der Waals surface area contributed by atoms with Crippen LogP contribution < -0.4 is 5.32 Å². The second-order valence-corrected chi connectivity index (χ2v) is 6.51. The van der Waals surface area contributed by atoms with Crippen molar-refractivity contribution in [2.24, 2.45) is 5.92 Å². The molecule has 0 radical (unpaired) electrons. The van der Waals surface area contributed by atoms with Crippen molar-refractivity contribution in [1.82, 2.24) is 10.2 Å². The fraction of sp³-hybridized carbons (Fsp3) is 1.00. The topological polar surface area (TPSA) is 24.5 Å². The van der Waals surface area contributed by atoms with Gasteiger partial charge in [0.2, 0.25) is 0 Å². The third-order valence-electron chi connectivity index (χ3n) is 4.07. The SMILES string of the molecule is COC1CN(CCC2CSCCN2)CCC1C. The van der Waals surface area contributed by atoms with Crippen LogP contribution in [0.25, 0.3) is 0 Å². The largest absolute Gasteiger partial charge is 0.380 e. The van der Waals surface area contributed by atoms with E-state index in [0.29, 0.717) is 6.10 Å². The van der Waals surface area contributed by atoms with E-state index in [1.54, 1.807) is 0 Å². The maximum atomic E-state index is 5.56. The van der Waals surface area contributed by atoms with E-state index in [-0.39, 0.29) is 0 Å². The Hall–Kier alpha value is 0.230. The Labute approximate surface area is 110 Å². The number of rotatable bonds is 4. The number of thioether (sulfide) groups is 1. The maximum Gasteiger partial charge on any atom is 0.0724 e. The van der Waals surface area contributed by atoms with Crippen molar-refractivity contribution >= 4 is 11.8 Å². The normalized spacial score (nSPS) is 36.0. The van der Waals surface area contributed by atoms with Crippen LogP contribution in [0.2, 0.25) is 0 Å². The third kappa shape index (κ3) is 4.12. The fourth-order valence-electron chi connectivity index (χ4n) is 2.75. The molecule has 3 atom stereocenters. The summed E-state index contributed by atoms with van der Waals surface area (Å²) in [5, 5.41) is 3.61. The molecule has 0 bridgehead atoms. The van der Waals surface area contributed by atoms with Crippen LogP contribution in [0.3, 0.4) is 0 Å². The van der Waals surface area contributed by atoms with Crippen molar-refractivity contribution in [2.75, 3.05) is 44.8 Å². The number of nitrogens with zero attached hydrogens (tertiary/aromatic N) is 1. The molecule has 4 heteroatoms. The molecule has 2 aliphatic rings. The highest BCUT2D eigenvalue weighted by molar-refractivity contribution is 7.99. The van der Waals surface area contributed by atoms with Gasteiger partial charge in [-0.3, -0.25) is 0 Å². The second-order valence-electron chi connectivity index (χ2n) is 5.36. The van der Waals surface area contributed by atoms with Gasteiger partial charge in [-0.15, -0.1) is 0 Å². The fourth-order valence-corrected chi connectivity index (χ4v) is 3.75. The number of piperidine rings is 1. The van der Waals surface area contributed by atoms with Crippen LogP contribution in [0.4, 0.5) is 0 Å². The molecule has 17 heavy (non-hydrogen) atoms. The van der Waals surface area contributed by atoms with Crippen LogP contribution in [0.1, 0.15) is 19.8 Å². The van der Waals surface area contributed by atoms with Crippen molar-refractivity contribution in [3.63, 3.8) is 0 Å². The monoisotopic (exact) mass is 258 g/mol. The zero-order valence-corrected chi connectivity index (χ0v) is 12.0. The molecule has 2 aliphatic heterocycles. The molecule has 2 rings (SSSR count). The standard InChI is InChI=1S/C13H26N2OS/c1-11-3-6-15(9-13(11)16-2)7-4-12-10-17-8-5-14-12/h11-14H,3-10H2,1-2H3. The quantitative estimate of drug-likeness (QED) is 0.825. The average Bonchev–Trinajstić information content (AvgIpc) is 2.39. The second kappa shape index (κ2) is 6.98. The Morgan fingerprint density at radius 3 is 3.06 bits per heavy atom. The number of ether oxygens (including phenoxy) is 1. The van der Waals surface area contributed by atoms with Gasteiger partial charge in [-0.25, -0.2) is 0 Å². The summed E-state index contributed by atoms with van der Waals surface area (Å²) in [6, 6.07) is 0.731. The smallest absolute Gasteiger partial charge is 0.0724 e. The molecule has 100 valence electrons. The summed E-state index contributed by atoms with van der Waals surface area (Å²) in [5.74, 6) is 3.29. The van der Waals surface area contributed by atoms with E-state index in [1.165, 1.54) is 44.0 Å². The molecule has 0 aromatic carbocycles. The van der Waals surface area contributed by atoms with Crippen LogP contribution in [0.15, 0.2) is 0 Å². The van der Waals surface area contributed by atoms with E-state index in [2.05, 4.69) is 28.9 Å². The molecule has 2 fully saturated rings. The lowest BCUT2D eigenvalue weighted by molar-refractivity contribution is -0.00564. The predicted octanol–water partition coefficient (Wildman–Crippen LogP) is 1.44. The van der Waals surface area contributed by atoms with Crippen molar-refractivity contribution in [3.8, 4) is 0 Å². The lowest BCUT2D eigenvalue weighted by Crippen LogP contribution is -2.46. The molecule has 0 amide bonds. The first-order valence-electron chi connectivity index (χ1n) is 6.86. The lowest BCUT2D eigenvalue weighted by Gasteiger charge is -2.37. The van der Waals surface area contributed by atoms with Crippen molar-refractivity contribution in [1.29, 1.82) is 0 Å². The van der Waals surface area contributed by atoms with Crippen LogP contribution >= 0.6 is 11.8 Å². The summed E-state index contributed by atoms with van der Waals surface area (Å²) in [7, 11) is 1.85. The van der Waals surface area contributed by atoms with Gasteiger partial charge in [0.05, 0.1) is 6.10 Å². The summed E-state index contributed by atoms with van der Waals surface area (Å²) in [6.07, 6.45) is 3.01. The summed E-state index contributed by atoms with van der Waals surface area (Å²) >= 11 is 2.09. The number of methoxy groups -OCH3 is 1. The average molecular weight is 258 g/mol. The van der Waals surface area contributed by atoms with E-state index < -0.39 is 0 Å². The maximum absolute atomic E-state index is 5.56. The predicted molar refractivity (Wildman–Crippen MR) is 74.8 cm³/mol. The van der Waals surface area contributed by atoms with E-state index in [1.807, 2.05) is 7.11 Å². The van der Waals surface area contributed by atoms with Gasteiger partial charge >= 0.3 is 0 Å². The molecule has 3 nitrogen and oxygen atoms in total. The Balaban J connectivity index is 1.68. The highest BCUT2D eigenvalue weighted by Crippen LogP contribution is 2.20. The zero-order valence-electron chi connectivity index (χ0n) is 11.2. The Morgan fingerprint density at radius 1 is 1.47 bits per heavy atom. The Bertz CT molecular complexity index is 221. The molecule has 2 saturated heterocycles. The van der Waals surface area contributed by atoms with Gasteiger partial charge in [0.1, 0.15) is 0 Å². The van der Waals surface area contributed by atoms with Crippen LogP contribution in [-0.2, 0) is 4.74 Å². The van der Waals surface area contributed by atoms with Gasteiger partial charge in [-0.1, -0.05) is 6.92 Å². The number of hydrogen-bond acceptors (Lipinski definition) is 4. The van der Waals surface area contributed by atoms with Gasteiger partial charge in [-0.05, 0) is 31.8 Å². The molecule has 3 unspecified atom stereocenters.